The Bertz CT molecular complexity index is 1170. The predicted molar refractivity (Wildman–Crippen MR) is 105 cm³/mol. The van der Waals surface area contributed by atoms with E-state index in [0.717, 1.165) is 10.0 Å². The first-order valence-corrected chi connectivity index (χ1v) is 9.01. The van der Waals surface area contributed by atoms with Crippen LogP contribution in [-0.2, 0) is 13.6 Å². The van der Waals surface area contributed by atoms with E-state index in [2.05, 4.69) is 31.4 Å². The van der Waals surface area contributed by atoms with Crippen LogP contribution in [0.4, 0.5) is 4.39 Å². The first-order valence-electron chi connectivity index (χ1n) is 8.22. The molecule has 2 aromatic heterocycles. The fourth-order valence-electron chi connectivity index (χ4n) is 2.83. The van der Waals surface area contributed by atoms with Gasteiger partial charge in [0.15, 0.2) is 11.3 Å². The van der Waals surface area contributed by atoms with Crippen LogP contribution in [-0.4, -0.2) is 19.4 Å². The number of halogens is 2. The van der Waals surface area contributed by atoms with E-state index >= 15 is 0 Å². The molecule has 27 heavy (non-hydrogen) atoms. The average molecular weight is 428 g/mol. The third-order valence-corrected chi connectivity index (χ3v) is 4.75. The van der Waals surface area contributed by atoms with Crippen LogP contribution >= 0.6 is 15.9 Å². The number of nitrogens with one attached hydrogen (secondary N) is 1. The highest BCUT2D eigenvalue weighted by Crippen LogP contribution is 2.19. The molecule has 1 N–H and O–H groups in total. The Morgan fingerprint density at radius 3 is 2.52 bits per heavy atom. The van der Waals surface area contributed by atoms with Crippen molar-refractivity contribution >= 4 is 27.0 Å². The van der Waals surface area contributed by atoms with Gasteiger partial charge in [-0.3, -0.25) is 9.48 Å². The van der Waals surface area contributed by atoms with Crippen LogP contribution in [0.2, 0.25) is 0 Å². The zero-order valence-corrected chi connectivity index (χ0v) is 15.9. The standard InChI is InChI=1S/C19H15BrFN5O/c1-25-17-16(11-22-25)24-18(13-4-8-15(21)9-5-13)26(19(17)27)23-10-12-2-6-14(20)7-3-12/h2-9,11,23H,10H2,1H3. The number of rotatable bonds is 4. The van der Waals surface area contributed by atoms with Gasteiger partial charge in [-0.1, -0.05) is 28.1 Å². The quantitative estimate of drug-likeness (QED) is 0.541. The maximum absolute atomic E-state index is 13.3. The lowest BCUT2D eigenvalue weighted by Crippen LogP contribution is -2.32. The van der Waals surface area contributed by atoms with Crippen molar-refractivity contribution in [2.24, 2.45) is 7.05 Å². The van der Waals surface area contributed by atoms with Crippen LogP contribution in [0.15, 0.2) is 64.0 Å². The van der Waals surface area contributed by atoms with Gasteiger partial charge in [-0.15, -0.1) is 0 Å². The third kappa shape index (κ3) is 3.35. The molecule has 0 aliphatic carbocycles. The van der Waals surface area contributed by atoms with Crippen molar-refractivity contribution in [3.63, 3.8) is 0 Å². The number of aryl methyl sites for hydroxylation is 1. The van der Waals surface area contributed by atoms with Gasteiger partial charge >= 0.3 is 0 Å². The fourth-order valence-corrected chi connectivity index (χ4v) is 3.10. The molecular weight excluding hydrogens is 413 g/mol. The summed E-state index contributed by atoms with van der Waals surface area (Å²) in [5.74, 6) is 0.0514. The van der Waals surface area contributed by atoms with Gasteiger partial charge in [0.05, 0.1) is 12.7 Å². The summed E-state index contributed by atoms with van der Waals surface area (Å²) in [4.78, 5) is 17.6. The first-order chi connectivity index (χ1) is 13.0. The summed E-state index contributed by atoms with van der Waals surface area (Å²) in [5, 5.41) is 4.12. The van der Waals surface area contributed by atoms with E-state index in [9.17, 15) is 9.18 Å². The summed E-state index contributed by atoms with van der Waals surface area (Å²) < 4.78 is 17.2. The average Bonchev–Trinajstić information content (AvgIpc) is 3.04. The highest BCUT2D eigenvalue weighted by Gasteiger charge is 2.16. The van der Waals surface area contributed by atoms with E-state index in [0.29, 0.717) is 29.0 Å². The molecule has 0 saturated carbocycles. The molecule has 136 valence electrons. The van der Waals surface area contributed by atoms with E-state index in [1.807, 2.05) is 24.3 Å². The zero-order chi connectivity index (χ0) is 19.0. The predicted octanol–water partition coefficient (Wildman–Crippen LogP) is 3.44. The van der Waals surface area contributed by atoms with Gasteiger partial charge in [-0.25, -0.2) is 14.1 Å². The summed E-state index contributed by atoms with van der Waals surface area (Å²) in [5.41, 5.74) is 5.37. The lowest BCUT2D eigenvalue weighted by atomic mass is 10.2. The van der Waals surface area contributed by atoms with Crippen LogP contribution < -0.4 is 11.0 Å². The summed E-state index contributed by atoms with van der Waals surface area (Å²) >= 11 is 3.41. The van der Waals surface area contributed by atoms with E-state index < -0.39 is 0 Å². The maximum Gasteiger partial charge on any atom is 0.298 e. The van der Waals surface area contributed by atoms with Crippen molar-refractivity contribution in [1.29, 1.82) is 0 Å². The third-order valence-electron chi connectivity index (χ3n) is 4.22. The minimum Gasteiger partial charge on any atom is -0.317 e. The molecule has 0 amide bonds. The van der Waals surface area contributed by atoms with Crippen molar-refractivity contribution in [3.05, 3.63) is 80.9 Å². The number of nitrogens with zero attached hydrogens (tertiary/aromatic N) is 4. The van der Waals surface area contributed by atoms with Crippen molar-refractivity contribution in [1.82, 2.24) is 19.4 Å². The second kappa shape index (κ2) is 6.96. The lowest BCUT2D eigenvalue weighted by molar-refractivity contribution is 0.628. The Kier molecular flexibility index (Phi) is 4.49. The monoisotopic (exact) mass is 427 g/mol. The summed E-state index contributed by atoms with van der Waals surface area (Å²) in [6.07, 6.45) is 1.54. The Morgan fingerprint density at radius 1 is 1.11 bits per heavy atom. The molecule has 0 fully saturated rings. The summed E-state index contributed by atoms with van der Waals surface area (Å²) in [7, 11) is 1.70. The Morgan fingerprint density at radius 2 is 1.81 bits per heavy atom. The van der Waals surface area contributed by atoms with Gasteiger partial charge < -0.3 is 5.43 Å². The number of benzene rings is 2. The zero-order valence-electron chi connectivity index (χ0n) is 14.4. The topological polar surface area (TPSA) is 64.7 Å². The molecule has 4 rings (SSSR count). The van der Waals surface area contributed by atoms with Crippen LogP contribution in [0.1, 0.15) is 5.56 Å². The van der Waals surface area contributed by atoms with Crippen LogP contribution in [0.25, 0.3) is 22.4 Å². The lowest BCUT2D eigenvalue weighted by Gasteiger charge is -2.15. The molecule has 6 nitrogen and oxygen atoms in total. The molecule has 8 heteroatoms. The van der Waals surface area contributed by atoms with Crippen LogP contribution in [0.3, 0.4) is 0 Å². The van der Waals surface area contributed by atoms with Crippen LogP contribution in [0, 0.1) is 5.82 Å². The van der Waals surface area contributed by atoms with Gasteiger partial charge in [0, 0.05) is 17.1 Å². The second-order valence-electron chi connectivity index (χ2n) is 6.05. The second-order valence-corrected chi connectivity index (χ2v) is 6.96. The van der Waals surface area contributed by atoms with Gasteiger partial charge in [-0.2, -0.15) is 5.10 Å². The molecule has 0 aliphatic heterocycles. The van der Waals surface area contributed by atoms with E-state index in [1.165, 1.54) is 21.5 Å². The molecule has 2 heterocycles. The Labute approximate surface area is 162 Å². The SMILES string of the molecule is Cn1ncc2nc(-c3ccc(F)cc3)n(NCc3ccc(Br)cc3)c(=O)c21. The van der Waals surface area contributed by atoms with E-state index in [4.69, 9.17) is 0 Å². The maximum atomic E-state index is 13.3. The molecule has 0 atom stereocenters. The minimum atomic E-state index is -0.349. The Balaban J connectivity index is 1.82. The number of fused-ring (bicyclic) bond motifs is 1. The molecule has 0 radical (unpaired) electrons. The number of hydrogen-bond donors (Lipinski definition) is 1. The van der Waals surface area contributed by atoms with E-state index in [-0.39, 0.29) is 11.4 Å². The van der Waals surface area contributed by atoms with Gasteiger partial charge in [0.25, 0.3) is 5.56 Å². The van der Waals surface area contributed by atoms with Crippen molar-refractivity contribution in [3.8, 4) is 11.4 Å². The van der Waals surface area contributed by atoms with Crippen molar-refractivity contribution in [2.45, 2.75) is 6.54 Å². The van der Waals surface area contributed by atoms with Gasteiger partial charge in [0.2, 0.25) is 0 Å². The summed E-state index contributed by atoms with van der Waals surface area (Å²) in [6.45, 7) is 0.423. The highest BCUT2D eigenvalue weighted by molar-refractivity contribution is 9.10. The number of hydrogen-bond acceptors (Lipinski definition) is 4. The number of aromatic nitrogens is 4. The molecule has 0 unspecified atom stereocenters. The molecule has 0 saturated heterocycles. The van der Waals surface area contributed by atoms with Crippen LogP contribution in [0.5, 0.6) is 0 Å². The molecule has 4 aromatic rings. The molecule has 0 bridgehead atoms. The minimum absolute atomic E-state index is 0.267. The smallest absolute Gasteiger partial charge is 0.298 e. The highest BCUT2D eigenvalue weighted by atomic mass is 79.9. The normalized spacial score (nSPS) is 11.1. The van der Waals surface area contributed by atoms with Crippen molar-refractivity contribution in [2.75, 3.05) is 5.43 Å². The largest absolute Gasteiger partial charge is 0.317 e. The Hall–Kier alpha value is -3.00. The van der Waals surface area contributed by atoms with Crippen molar-refractivity contribution < 1.29 is 4.39 Å². The van der Waals surface area contributed by atoms with Gasteiger partial charge in [0.1, 0.15) is 11.3 Å². The molecule has 0 aliphatic rings. The molecule has 2 aromatic carbocycles. The molecule has 0 spiro atoms. The fraction of sp³-hybridized carbons (Fsp3) is 0.105. The van der Waals surface area contributed by atoms with Gasteiger partial charge in [-0.05, 0) is 42.0 Å². The summed E-state index contributed by atoms with van der Waals surface area (Å²) in [6, 6.07) is 13.6. The van der Waals surface area contributed by atoms with E-state index in [1.54, 1.807) is 25.4 Å². The molecular formula is C19H15BrFN5O. The first kappa shape index (κ1) is 17.4.